The summed E-state index contributed by atoms with van der Waals surface area (Å²) in [5.41, 5.74) is 1.85. The molecule has 16 heavy (non-hydrogen) atoms. The fourth-order valence-corrected chi connectivity index (χ4v) is 4.63. The number of nitrogens with zero attached hydrogens (tertiary/aromatic N) is 2. The third-order valence-electron chi connectivity index (χ3n) is 5.61. The minimum atomic E-state index is 0.394. The Kier molecular flexibility index (Phi) is 2.13. The molecule has 0 bridgehead atoms. The molecule has 1 aliphatic carbocycles. The summed E-state index contributed by atoms with van der Waals surface area (Å²) in [7, 11) is 0. The lowest BCUT2D eigenvalue weighted by molar-refractivity contribution is 0.0944. The Morgan fingerprint density at radius 1 is 1.25 bits per heavy atom. The summed E-state index contributed by atoms with van der Waals surface area (Å²) in [6.07, 6.45) is 6.26. The highest BCUT2D eigenvalue weighted by Crippen LogP contribution is 2.61. The van der Waals surface area contributed by atoms with Crippen LogP contribution in [-0.2, 0) is 0 Å². The minimum absolute atomic E-state index is 0.394. The number of rotatable bonds is 0. The highest BCUT2D eigenvalue weighted by Gasteiger charge is 2.60. The van der Waals surface area contributed by atoms with Crippen LogP contribution in [0.25, 0.3) is 0 Å². The molecular formula is C13H22N2O. The van der Waals surface area contributed by atoms with Crippen molar-refractivity contribution in [3.05, 3.63) is 0 Å². The van der Waals surface area contributed by atoms with Crippen molar-refractivity contribution < 1.29 is 5.21 Å². The highest BCUT2D eigenvalue weighted by molar-refractivity contribution is 5.92. The minimum Gasteiger partial charge on any atom is -0.411 e. The molecule has 1 N–H and O–H groups in total. The van der Waals surface area contributed by atoms with Crippen LogP contribution < -0.4 is 0 Å². The fraction of sp³-hybridized carbons (Fsp3) is 0.923. The molecule has 0 aromatic heterocycles. The Morgan fingerprint density at radius 2 is 2.06 bits per heavy atom. The Hall–Kier alpha value is -0.570. The zero-order valence-electron chi connectivity index (χ0n) is 10.4. The number of fused-ring (bicyclic) bond motifs is 2. The van der Waals surface area contributed by atoms with Crippen molar-refractivity contribution in [1.29, 1.82) is 0 Å². The van der Waals surface area contributed by atoms with Crippen LogP contribution in [0.1, 0.15) is 46.0 Å². The number of oxime groups is 1. The van der Waals surface area contributed by atoms with Crippen molar-refractivity contribution in [3.63, 3.8) is 0 Å². The van der Waals surface area contributed by atoms with Gasteiger partial charge in [-0.15, -0.1) is 0 Å². The Balaban J connectivity index is 2.02. The van der Waals surface area contributed by atoms with Crippen LogP contribution in [0.3, 0.4) is 0 Å². The zero-order valence-corrected chi connectivity index (χ0v) is 10.4. The Bertz CT molecular complexity index is 337. The van der Waals surface area contributed by atoms with Crippen molar-refractivity contribution in [1.82, 2.24) is 4.90 Å². The average Bonchev–Trinajstić information content (AvgIpc) is 2.85. The monoisotopic (exact) mass is 222 g/mol. The topological polar surface area (TPSA) is 35.8 Å². The third-order valence-corrected chi connectivity index (χ3v) is 5.61. The lowest BCUT2D eigenvalue weighted by Gasteiger charge is -2.43. The molecule has 3 rings (SSSR count). The summed E-state index contributed by atoms with van der Waals surface area (Å²) < 4.78 is 0. The van der Waals surface area contributed by atoms with Crippen LogP contribution in [0.5, 0.6) is 0 Å². The van der Waals surface area contributed by atoms with Gasteiger partial charge in [0, 0.05) is 13.0 Å². The van der Waals surface area contributed by atoms with Crippen LogP contribution in [-0.4, -0.2) is 35.0 Å². The van der Waals surface area contributed by atoms with Gasteiger partial charge in [0.2, 0.25) is 0 Å². The molecule has 3 nitrogen and oxygen atoms in total. The molecule has 0 amide bonds. The van der Waals surface area contributed by atoms with Gasteiger partial charge in [-0.25, -0.2) is 0 Å². The maximum atomic E-state index is 9.19. The fourth-order valence-electron chi connectivity index (χ4n) is 4.63. The highest BCUT2D eigenvalue weighted by atomic mass is 16.4. The van der Waals surface area contributed by atoms with Crippen LogP contribution in [0, 0.1) is 10.8 Å². The summed E-state index contributed by atoms with van der Waals surface area (Å²) >= 11 is 0. The van der Waals surface area contributed by atoms with E-state index in [9.17, 15) is 5.21 Å². The second kappa shape index (κ2) is 3.22. The van der Waals surface area contributed by atoms with Gasteiger partial charge in [-0.2, -0.15) is 0 Å². The molecule has 2 unspecified atom stereocenters. The molecule has 0 radical (unpaired) electrons. The van der Waals surface area contributed by atoms with Crippen molar-refractivity contribution >= 4 is 5.71 Å². The SMILES string of the molecule is CC1(C)CCCC12CCN1CC/C(=N\O)C12. The second-order valence-corrected chi connectivity index (χ2v) is 6.42. The van der Waals surface area contributed by atoms with Crippen LogP contribution in [0.2, 0.25) is 0 Å². The molecule has 0 aromatic carbocycles. The van der Waals surface area contributed by atoms with E-state index in [0.717, 1.165) is 18.7 Å². The van der Waals surface area contributed by atoms with Crippen molar-refractivity contribution in [2.24, 2.45) is 16.0 Å². The molecule has 3 fully saturated rings. The van der Waals surface area contributed by atoms with Crippen LogP contribution in [0.15, 0.2) is 5.16 Å². The van der Waals surface area contributed by atoms with Gasteiger partial charge in [-0.1, -0.05) is 25.4 Å². The Morgan fingerprint density at radius 3 is 2.69 bits per heavy atom. The first kappa shape index (κ1) is 10.6. The summed E-state index contributed by atoms with van der Waals surface area (Å²) in [5.74, 6) is 0. The summed E-state index contributed by atoms with van der Waals surface area (Å²) in [5, 5.41) is 12.8. The molecule has 90 valence electrons. The van der Waals surface area contributed by atoms with Gasteiger partial charge in [0.05, 0.1) is 11.8 Å². The van der Waals surface area contributed by atoms with E-state index >= 15 is 0 Å². The second-order valence-electron chi connectivity index (χ2n) is 6.42. The van der Waals surface area contributed by atoms with E-state index in [4.69, 9.17) is 0 Å². The molecule has 1 spiro atoms. The lowest BCUT2D eigenvalue weighted by atomic mass is 9.62. The van der Waals surface area contributed by atoms with Gasteiger partial charge in [0.1, 0.15) is 0 Å². The third kappa shape index (κ3) is 1.10. The summed E-state index contributed by atoms with van der Waals surface area (Å²) in [6, 6.07) is 0.440. The van der Waals surface area contributed by atoms with E-state index in [0.29, 0.717) is 16.9 Å². The van der Waals surface area contributed by atoms with E-state index in [1.54, 1.807) is 0 Å². The van der Waals surface area contributed by atoms with Gasteiger partial charge in [-0.05, 0) is 36.6 Å². The van der Waals surface area contributed by atoms with Crippen LogP contribution in [0.4, 0.5) is 0 Å². The molecule has 1 saturated carbocycles. The average molecular weight is 222 g/mol. The quantitative estimate of drug-likeness (QED) is 0.505. The molecule has 2 aliphatic heterocycles. The van der Waals surface area contributed by atoms with Crippen molar-refractivity contribution in [2.75, 3.05) is 13.1 Å². The van der Waals surface area contributed by atoms with Crippen LogP contribution >= 0.6 is 0 Å². The van der Waals surface area contributed by atoms with Crippen molar-refractivity contribution in [3.8, 4) is 0 Å². The maximum absolute atomic E-state index is 9.19. The largest absolute Gasteiger partial charge is 0.411 e. The number of hydrogen-bond donors (Lipinski definition) is 1. The predicted molar refractivity (Wildman–Crippen MR) is 63.9 cm³/mol. The van der Waals surface area contributed by atoms with E-state index < -0.39 is 0 Å². The standard InChI is InChI=1S/C13H22N2O/c1-12(2)5-3-6-13(12)7-9-15-8-4-10(14-16)11(13)15/h11,16H,3-9H2,1-2H3/b14-10+. The first-order chi connectivity index (χ1) is 7.61. The van der Waals surface area contributed by atoms with Gasteiger partial charge >= 0.3 is 0 Å². The van der Waals surface area contributed by atoms with E-state index in [2.05, 4.69) is 23.9 Å². The Labute approximate surface area is 97.5 Å². The van der Waals surface area contributed by atoms with Gasteiger partial charge in [0.25, 0.3) is 0 Å². The normalized spacial score (nSPS) is 44.6. The molecule has 2 saturated heterocycles. The first-order valence-electron chi connectivity index (χ1n) is 6.56. The molecule has 0 aromatic rings. The molecular weight excluding hydrogens is 200 g/mol. The molecule has 3 aliphatic rings. The molecule has 2 heterocycles. The predicted octanol–water partition coefficient (Wildman–Crippen LogP) is 2.49. The maximum Gasteiger partial charge on any atom is 0.0760 e. The zero-order chi connectivity index (χ0) is 11.4. The van der Waals surface area contributed by atoms with Crippen molar-refractivity contribution in [2.45, 2.75) is 52.0 Å². The van der Waals surface area contributed by atoms with E-state index in [1.807, 2.05) is 0 Å². The summed E-state index contributed by atoms with van der Waals surface area (Å²) in [6.45, 7) is 7.13. The number of hydrogen-bond acceptors (Lipinski definition) is 3. The molecule has 3 heteroatoms. The lowest BCUT2D eigenvalue weighted by Crippen LogP contribution is -2.46. The van der Waals surface area contributed by atoms with Gasteiger partial charge < -0.3 is 5.21 Å². The first-order valence-corrected chi connectivity index (χ1v) is 6.56. The molecule has 2 atom stereocenters. The van der Waals surface area contributed by atoms with Gasteiger partial charge in [0.15, 0.2) is 0 Å². The smallest absolute Gasteiger partial charge is 0.0760 e. The van der Waals surface area contributed by atoms with E-state index in [-0.39, 0.29) is 0 Å². The van der Waals surface area contributed by atoms with Gasteiger partial charge in [-0.3, -0.25) is 4.90 Å². The summed E-state index contributed by atoms with van der Waals surface area (Å²) in [4.78, 5) is 2.54. The van der Waals surface area contributed by atoms with E-state index in [1.165, 1.54) is 32.2 Å².